The van der Waals surface area contributed by atoms with Crippen LogP contribution in [0.1, 0.15) is 72.9 Å². The van der Waals surface area contributed by atoms with E-state index in [0.717, 1.165) is 30.4 Å². The van der Waals surface area contributed by atoms with Crippen molar-refractivity contribution in [2.75, 3.05) is 6.54 Å². The van der Waals surface area contributed by atoms with Crippen molar-refractivity contribution in [2.24, 2.45) is 0 Å². The molecule has 0 saturated carbocycles. The predicted octanol–water partition coefficient (Wildman–Crippen LogP) is 4.06. The van der Waals surface area contributed by atoms with Crippen LogP contribution in [0.25, 0.3) is 0 Å². The fraction of sp³-hybridized carbons (Fsp3) is 0.667. The number of hydrogen-bond acceptors (Lipinski definition) is 4. The van der Waals surface area contributed by atoms with Crippen molar-refractivity contribution in [1.82, 2.24) is 4.90 Å². The first kappa shape index (κ1) is 20.2. The van der Waals surface area contributed by atoms with Gasteiger partial charge >= 0.3 is 13.2 Å². The average molecular weight is 373 g/mol. The summed E-state index contributed by atoms with van der Waals surface area (Å²) in [6, 6.07) is 8.31. The summed E-state index contributed by atoms with van der Waals surface area (Å²) in [6.07, 6.45) is 1.71. The molecule has 148 valence electrons. The zero-order valence-corrected chi connectivity index (χ0v) is 17.7. The SMILES string of the molecule is CC(C)(C)OC(=O)N1CCCC1c1ccc(B2OC(C)(C)C(C)(C)O2)cc1. The van der Waals surface area contributed by atoms with Gasteiger partial charge in [-0.05, 0) is 72.3 Å². The van der Waals surface area contributed by atoms with Crippen molar-refractivity contribution in [2.45, 2.75) is 84.2 Å². The minimum atomic E-state index is -0.481. The number of carbonyl (C=O) groups excluding carboxylic acids is 1. The summed E-state index contributed by atoms with van der Waals surface area (Å²) in [6.45, 7) is 14.6. The van der Waals surface area contributed by atoms with Gasteiger partial charge in [-0.2, -0.15) is 0 Å². The second kappa shape index (κ2) is 6.82. The smallest absolute Gasteiger partial charge is 0.444 e. The number of amides is 1. The van der Waals surface area contributed by atoms with Crippen molar-refractivity contribution in [3.8, 4) is 0 Å². The Kier molecular flexibility index (Phi) is 5.11. The van der Waals surface area contributed by atoms with Crippen molar-refractivity contribution < 1.29 is 18.8 Å². The first-order valence-electron chi connectivity index (χ1n) is 9.85. The highest BCUT2D eigenvalue weighted by atomic mass is 16.7. The van der Waals surface area contributed by atoms with Crippen LogP contribution in [-0.2, 0) is 14.0 Å². The lowest BCUT2D eigenvalue weighted by Gasteiger charge is -2.32. The standard InChI is InChI=1S/C21H32BNO4/c1-19(2,3)25-18(24)23-14-8-9-17(23)15-10-12-16(13-11-15)22-26-20(4,5)21(6,7)27-22/h10-13,17H,8-9,14H2,1-7H3. The minimum absolute atomic E-state index is 0.0622. The van der Waals surface area contributed by atoms with Crippen LogP contribution in [0.5, 0.6) is 0 Å². The summed E-state index contributed by atoms with van der Waals surface area (Å²) < 4.78 is 17.8. The van der Waals surface area contributed by atoms with Crippen molar-refractivity contribution in [3.63, 3.8) is 0 Å². The van der Waals surface area contributed by atoms with E-state index in [1.165, 1.54) is 0 Å². The molecule has 6 heteroatoms. The van der Waals surface area contributed by atoms with E-state index in [9.17, 15) is 4.79 Å². The van der Waals surface area contributed by atoms with Gasteiger partial charge in [0.2, 0.25) is 0 Å². The molecule has 0 aromatic heterocycles. The second-order valence-electron chi connectivity index (χ2n) is 9.59. The maximum Gasteiger partial charge on any atom is 0.494 e. The number of carbonyl (C=O) groups is 1. The number of likely N-dealkylation sites (tertiary alicyclic amines) is 1. The van der Waals surface area contributed by atoms with Crippen LogP contribution in [0.4, 0.5) is 4.79 Å². The molecule has 0 N–H and O–H groups in total. The monoisotopic (exact) mass is 373 g/mol. The molecule has 2 heterocycles. The molecule has 1 aromatic carbocycles. The summed E-state index contributed by atoms with van der Waals surface area (Å²) in [5, 5.41) is 0. The van der Waals surface area contributed by atoms with Gasteiger partial charge in [-0.15, -0.1) is 0 Å². The minimum Gasteiger partial charge on any atom is -0.444 e. The topological polar surface area (TPSA) is 48.0 Å². The molecule has 0 spiro atoms. The van der Waals surface area contributed by atoms with Gasteiger partial charge in [0, 0.05) is 6.54 Å². The number of ether oxygens (including phenoxy) is 1. The van der Waals surface area contributed by atoms with Gasteiger partial charge in [-0.1, -0.05) is 24.3 Å². The Morgan fingerprint density at radius 2 is 1.67 bits per heavy atom. The van der Waals surface area contributed by atoms with Crippen LogP contribution in [-0.4, -0.2) is 41.5 Å². The van der Waals surface area contributed by atoms with E-state index < -0.39 is 5.60 Å². The fourth-order valence-corrected chi connectivity index (χ4v) is 3.51. The van der Waals surface area contributed by atoms with Gasteiger partial charge in [0.05, 0.1) is 17.2 Å². The third-order valence-corrected chi connectivity index (χ3v) is 5.73. The van der Waals surface area contributed by atoms with Gasteiger partial charge in [-0.3, -0.25) is 0 Å². The third kappa shape index (κ3) is 4.17. The Balaban J connectivity index is 1.73. The molecule has 3 rings (SSSR count). The number of nitrogens with zero attached hydrogens (tertiary/aromatic N) is 1. The Hall–Kier alpha value is -1.53. The Bertz CT molecular complexity index is 677. The van der Waals surface area contributed by atoms with Crippen molar-refractivity contribution in [3.05, 3.63) is 29.8 Å². The highest BCUT2D eigenvalue weighted by Crippen LogP contribution is 2.37. The lowest BCUT2D eigenvalue weighted by Crippen LogP contribution is -2.41. The molecular formula is C21H32BNO4. The van der Waals surface area contributed by atoms with Crippen LogP contribution in [0, 0.1) is 0 Å². The first-order chi connectivity index (χ1) is 12.4. The Morgan fingerprint density at radius 3 is 2.19 bits per heavy atom. The molecular weight excluding hydrogens is 341 g/mol. The van der Waals surface area contributed by atoms with Crippen LogP contribution >= 0.6 is 0 Å². The molecule has 0 bridgehead atoms. The van der Waals surface area contributed by atoms with E-state index in [1.54, 1.807) is 0 Å². The maximum absolute atomic E-state index is 12.5. The summed E-state index contributed by atoms with van der Waals surface area (Å²) in [7, 11) is -0.366. The van der Waals surface area contributed by atoms with Gasteiger partial charge in [0.1, 0.15) is 5.60 Å². The highest BCUT2D eigenvalue weighted by Gasteiger charge is 2.51. The van der Waals surface area contributed by atoms with E-state index >= 15 is 0 Å². The molecule has 1 amide bonds. The Morgan fingerprint density at radius 1 is 1.11 bits per heavy atom. The quantitative estimate of drug-likeness (QED) is 0.734. The molecule has 1 atom stereocenters. The van der Waals surface area contributed by atoms with E-state index in [-0.39, 0.29) is 30.5 Å². The summed E-state index contributed by atoms with van der Waals surface area (Å²) in [4.78, 5) is 14.4. The largest absolute Gasteiger partial charge is 0.494 e. The van der Waals surface area contributed by atoms with E-state index in [0.29, 0.717) is 0 Å². The van der Waals surface area contributed by atoms with Crippen molar-refractivity contribution >= 4 is 18.7 Å². The highest BCUT2D eigenvalue weighted by molar-refractivity contribution is 6.62. The molecule has 0 aliphatic carbocycles. The van der Waals surface area contributed by atoms with Gasteiger partial charge in [-0.25, -0.2) is 4.79 Å². The molecule has 1 unspecified atom stereocenters. The van der Waals surface area contributed by atoms with Crippen LogP contribution in [0.2, 0.25) is 0 Å². The molecule has 27 heavy (non-hydrogen) atoms. The van der Waals surface area contributed by atoms with Gasteiger partial charge in [0.15, 0.2) is 0 Å². The van der Waals surface area contributed by atoms with Gasteiger partial charge < -0.3 is 18.9 Å². The third-order valence-electron chi connectivity index (χ3n) is 5.73. The molecule has 1 aromatic rings. The van der Waals surface area contributed by atoms with E-state index in [2.05, 4.69) is 39.8 Å². The number of benzene rings is 1. The molecule has 2 saturated heterocycles. The fourth-order valence-electron chi connectivity index (χ4n) is 3.51. The lowest BCUT2D eigenvalue weighted by atomic mass is 9.78. The first-order valence-corrected chi connectivity index (χ1v) is 9.85. The van der Waals surface area contributed by atoms with E-state index in [1.807, 2.05) is 37.8 Å². The predicted molar refractivity (Wildman–Crippen MR) is 107 cm³/mol. The second-order valence-corrected chi connectivity index (χ2v) is 9.59. The molecule has 5 nitrogen and oxygen atoms in total. The molecule has 2 aliphatic rings. The van der Waals surface area contributed by atoms with Crippen LogP contribution < -0.4 is 5.46 Å². The average Bonchev–Trinajstić information content (AvgIpc) is 3.09. The lowest BCUT2D eigenvalue weighted by molar-refractivity contribution is 0.00578. The van der Waals surface area contributed by atoms with E-state index in [4.69, 9.17) is 14.0 Å². The van der Waals surface area contributed by atoms with Crippen LogP contribution in [0.15, 0.2) is 24.3 Å². The normalized spacial score (nSPS) is 24.3. The zero-order valence-electron chi connectivity index (χ0n) is 17.7. The molecule has 2 aliphatic heterocycles. The summed E-state index contributed by atoms with van der Waals surface area (Å²) in [5.74, 6) is 0. The summed E-state index contributed by atoms with van der Waals surface area (Å²) >= 11 is 0. The number of hydrogen-bond donors (Lipinski definition) is 0. The molecule has 2 fully saturated rings. The summed E-state index contributed by atoms with van der Waals surface area (Å²) in [5.41, 5.74) is 0.938. The molecule has 0 radical (unpaired) electrons. The van der Waals surface area contributed by atoms with Crippen molar-refractivity contribution in [1.29, 1.82) is 0 Å². The van der Waals surface area contributed by atoms with Gasteiger partial charge in [0.25, 0.3) is 0 Å². The maximum atomic E-state index is 12.5. The zero-order chi connectivity index (χ0) is 20.0. The Labute approximate surface area is 163 Å². The van der Waals surface area contributed by atoms with Crippen LogP contribution in [0.3, 0.4) is 0 Å². The number of rotatable bonds is 2.